The monoisotopic (exact) mass is 275 g/mol. The summed E-state index contributed by atoms with van der Waals surface area (Å²) in [7, 11) is 0. The largest absolute Gasteiger partial charge is 0.493 e. The van der Waals surface area contributed by atoms with Gasteiger partial charge in [0.2, 0.25) is 0 Å². The van der Waals surface area contributed by atoms with E-state index in [0.29, 0.717) is 0 Å². The van der Waals surface area contributed by atoms with E-state index in [0.717, 1.165) is 51.1 Å². The Bertz CT molecular complexity index is 528. The topological polar surface area (TPSA) is 49.8 Å². The van der Waals surface area contributed by atoms with E-state index < -0.39 is 11.5 Å². The quantitative estimate of drug-likeness (QED) is 0.914. The van der Waals surface area contributed by atoms with Crippen molar-refractivity contribution >= 4 is 5.97 Å². The van der Waals surface area contributed by atoms with Gasteiger partial charge in [-0.05, 0) is 49.9 Å². The minimum absolute atomic E-state index is 0.681. The first-order chi connectivity index (χ1) is 9.59. The molecule has 1 fully saturated rings. The number of likely N-dealkylation sites (tertiary alicyclic amines) is 1. The third kappa shape index (κ3) is 2.29. The molecule has 20 heavy (non-hydrogen) atoms. The second-order valence-electron chi connectivity index (χ2n) is 5.96. The van der Waals surface area contributed by atoms with Gasteiger partial charge in [0.25, 0.3) is 0 Å². The lowest BCUT2D eigenvalue weighted by Crippen LogP contribution is -2.48. The lowest BCUT2D eigenvalue weighted by atomic mass is 9.98. The summed E-state index contributed by atoms with van der Waals surface area (Å²) in [5.74, 6) is 0.308. The van der Waals surface area contributed by atoms with Crippen LogP contribution in [0.1, 0.15) is 30.9 Å². The van der Waals surface area contributed by atoms with Crippen LogP contribution in [-0.4, -0.2) is 41.2 Å². The van der Waals surface area contributed by atoms with Crippen molar-refractivity contribution in [3.8, 4) is 5.75 Å². The van der Waals surface area contributed by atoms with E-state index in [-0.39, 0.29) is 0 Å². The lowest BCUT2D eigenvalue weighted by molar-refractivity contribution is -0.148. The minimum atomic E-state index is -0.697. The van der Waals surface area contributed by atoms with Crippen molar-refractivity contribution in [2.24, 2.45) is 0 Å². The van der Waals surface area contributed by atoms with Crippen molar-refractivity contribution in [1.29, 1.82) is 0 Å². The van der Waals surface area contributed by atoms with Crippen LogP contribution in [0, 0.1) is 0 Å². The van der Waals surface area contributed by atoms with Gasteiger partial charge >= 0.3 is 5.97 Å². The van der Waals surface area contributed by atoms with Gasteiger partial charge in [0, 0.05) is 13.0 Å². The standard InChI is InChI=1S/C16H21NO3/c1-16(15(18)19)7-2-8-17(16)9-5-12-3-4-14-13(11-12)6-10-20-14/h3-4,11H,2,5-10H2,1H3,(H,18,19). The number of benzene rings is 1. The van der Waals surface area contributed by atoms with Crippen LogP contribution < -0.4 is 4.74 Å². The molecule has 0 aliphatic carbocycles. The number of hydrogen-bond donors (Lipinski definition) is 1. The molecule has 1 aromatic carbocycles. The Morgan fingerprint density at radius 1 is 1.50 bits per heavy atom. The number of ether oxygens (including phenoxy) is 1. The van der Waals surface area contributed by atoms with E-state index in [1.165, 1.54) is 11.1 Å². The Morgan fingerprint density at radius 2 is 2.35 bits per heavy atom. The van der Waals surface area contributed by atoms with Gasteiger partial charge in [0.15, 0.2) is 0 Å². The summed E-state index contributed by atoms with van der Waals surface area (Å²) in [6, 6.07) is 6.34. The van der Waals surface area contributed by atoms with Crippen molar-refractivity contribution in [1.82, 2.24) is 4.90 Å². The molecule has 0 radical (unpaired) electrons. The minimum Gasteiger partial charge on any atom is -0.493 e. The molecule has 108 valence electrons. The highest BCUT2D eigenvalue weighted by Crippen LogP contribution is 2.30. The molecule has 4 heteroatoms. The number of carboxylic acid groups (broad SMARTS) is 1. The van der Waals surface area contributed by atoms with E-state index in [1.807, 2.05) is 13.0 Å². The van der Waals surface area contributed by atoms with Crippen molar-refractivity contribution in [3.63, 3.8) is 0 Å². The Hall–Kier alpha value is -1.55. The predicted molar refractivity (Wildman–Crippen MR) is 76.2 cm³/mol. The summed E-state index contributed by atoms with van der Waals surface area (Å²) in [5.41, 5.74) is 1.87. The molecule has 1 aromatic rings. The average molecular weight is 275 g/mol. The van der Waals surface area contributed by atoms with Crippen LogP contribution in [0.15, 0.2) is 18.2 Å². The first-order valence-electron chi connectivity index (χ1n) is 7.33. The molecule has 2 aliphatic rings. The highest BCUT2D eigenvalue weighted by molar-refractivity contribution is 5.78. The second kappa shape index (κ2) is 5.09. The number of aliphatic carboxylic acids is 1. The summed E-state index contributed by atoms with van der Waals surface area (Å²) in [5, 5.41) is 9.41. The first-order valence-corrected chi connectivity index (χ1v) is 7.33. The molecule has 1 saturated heterocycles. The normalized spacial score (nSPS) is 25.4. The van der Waals surface area contributed by atoms with Crippen LogP contribution >= 0.6 is 0 Å². The molecular formula is C16H21NO3. The lowest BCUT2D eigenvalue weighted by Gasteiger charge is -2.31. The molecule has 2 aliphatic heterocycles. The first kappa shape index (κ1) is 13.4. The number of fused-ring (bicyclic) bond motifs is 1. The third-order valence-corrected chi connectivity index (χ3v) is 4.67. The van der Waals surface area contributed by atoms with E-state index in [4.69, 9.17) is 4.74 Å². The van der Waals surface area contributed by atoms with Gasteiger partial charge in [-0.2, -0.15) is 0 Å². The number of rotatable bonds is 4. The Morgan fingerprint density at radius 3 is 3.15 bits per heavy atom. The van der Waals surface area contributed by atoms with E-state index >= 15 is 0 Å². The molecule has 0 saturated carbocycles. The average Bonchev–Trinajstić information content (AvgIpc) is 3.03. The molecule has 1 N–H and O–H groups in total. The predicted octanol–water partition coefficient (Wildman–Crippen LogP) is 2.10. The maximum absolute atomic E-state index is 11.4. The van der Waals surface area contributed by atoms with Gasteiger partial charge in [-0.1, -0.05) is 12.1 Å². The summed E-state index contributed by atoms with van der Waals surface area (Å²) < 4.78 is 5.51. The van der Waals surface area contributed by atoms with E-state index in [1.54, 1.807) is 0 Å². The fraction of sp³-hybridized carbons (Fsp3) is 0.562. The number of carboxylic acids is 1. The van der Waals surface area contributed by atoms with Crippen molar-refractivity contribution in [2.45, 2.75) is 38.1 Å². The Kier molecular flexibility index (Phi) is 3.42. The summed E-state index contributed by atoms with van der Waals surface area (Å²) in [4.78, 5) is 13.6. The molecule has 2 heterocycles. The maximum atomic E-state index is 11.4. The summed E-state index contributed by atoms with van der Waals surface area (Å²) >= 11 is 0. The van der Waals surface area contributed by atoms with Gasteiger partial charge in [-0.15, -0.1) is 0 Å². The zero-order valence-corrected chi connectivity index (χ0v) is 11.9. The van der Waals surface area contributed by atoms with Crippen molar-refractivity contribution in [2.75, 3.05) is 19.7 Å². The maximum Gasteiger partial charge on any atom is 0.323 e. The van der Waals surface area contributed by atoms with Gasteiger partial charge in [0.1, 0.15) is 11.3 Å². The molecular weight excluding hydrogens is 254 g/mol. The fourth-order valence-electron chi connectivity index (χ4n) is 3.28. The molecule has 1 unspecified atom stereocenters. The van der Waals surface area contributed by atoms with Gasteiger partial charge in [-0.25, -0.2) is 0 Å². The van der Waals surface area contributed by atoms with Crippen LogP contribution in [0.5, 0.6) is 5.75 Å². The smallest absolute Gasteiger partial charge is 0.323 e. The number of carbonyl (C=O) groups is 1. The van der Waals surface area contributed by atoms with Crippen molar-refractivity contribution < 1.29 is 14.6 Å². The molecule has 0 aromatic heterocycles. The van der Waals surface area contributed by atoms with Gasteiger partial charge < -0.3 is 9.84 Å². The SMILES string of the molecule is CC1(C(=O)O)CCCN1CCc1ccc2c(c1)CCO2. The van der Waals surface area contributed by atoms with Crippen LogP contribution in [0.25, 0.3) is 0 Å². The van der Waals surface area contributed by atoms with Crippen molar-refractivity contribution in [3.05, 3.63) is 29.3 Å². The van der Waals surface area contributed by atoms with E-state index in [2.05, 4.69) is 17.0 Å². The highest BCUT2D eigenvalue weighted by Gasteiger charge is 2.42. The number of hydrogen-bond acceptors (Lipinski definition) is 3. The molecule has 3 rings (SSSR count). The molecule has 0 amide bonds. The zero-order chi connectivity index (χ0) is 14.2. The Balaban J connectivity index is 1.66. The van der Waals surface area contributed by atoms with Gasteiger partial charge in [0.05, 0.1) is 6.61 Å². The van der Waals surface area contributed by atoms with Gasteiger partial charge in [-0.3, -0.25) is 9.69 Å². The fourth-order valence-corrected chi connectivity index (χ4v) is 3.28. The number of nitrogens with zero attached hydrogens (tertiary/aromatic N) is 1. The molecule has 4 nitrogen and oxygen atoms in total. The van der Waals surface area contributed by atoms with Crippen LogP contribution in [0.4, 0.5) is 0 Å². The second-order valence-corrected chi connectivity index (χ2v) is 5.96. The zero-order valence-electron chi connectivity index (χ0n) is 11.9. The summed E-state index contributed by atoms with van der Waals surface area (Å²) in [6.45, 7) is 4.32. The Labute approximate surface area is 119 Å². The van der Waals surface area contributed by atoms with E-state index in [9.17, 15) is 9.90 Å². The third-order valence-electron chi connectivity index (χ3n) is 4.67. The summed E-state index contributed by atoms with van der Waals surface area (Å²) in [6.07, 6.45) is 3.61. The van der Waals surface area contributed by atoms with Crippen LogP contribution in [-0.2, 0) is 17.6 Å². The van der Waals surface area contributed by atoms with Crippen LogP contribution in [0.3, 0.4) is 0 Å². The molecule has 0 spiro atoms. The van der Waals surface area contributed by atoms with Crippen LogP contribution in [0.2, 0.25) is 0 Å². The molecule has 0 bridgehead atoms. The molecule has 1 atom stereocenters. The highest BCUT2D eigenvalue weighted by atomic mass is 16.5.